The van der Waals surface area contributed by atoms with Crippen LogP contribution in [0.25, 0.3) is 0 Å². The first-order valence-corrected chi connectivity index (χ1v) is 5.40. The molecule has 2 unspecified atom stereocenters. The SMILES string of the molecule is CC(CC#N)NC1CC12CCCC2. The van der Waals surface area contributed by atoms with Crippen molar-refractivity contribution in [2.45, 2.75) is 57.5 Å². The van der Waals surface area contributed by atoms with Crippen molar-refractivity contribution in [2.75, 3.05) is 0 Å². The lowest BCUT2D eigenvalue weighted by Gasteiger charge is -2.13. The van der Waals surface area contributed by atoms with Crippen LogP contribution in [-0.4, -0.2) is 12.1 Å². The molecule has 72 valence electrons. The van der Waals surface area contributed by atoms with E-state index in [9.17, 15) is 0 Å². The molecular formula is C11H18N2. The van der Waals surface area contributed by atoms with Gasteiger partial charge in [0.25, 0.3) is 0 Å². The predicted molar refractivity (Wildman–Crippen MR) is 52.1 cm³/mol. The highest BCUT2D eigenvalue weighted by atomic mass is 15.0. The summed E-state index contributed by atoms with van der Waals surface area (Å²) < 4.78 is 0. The molecule has 0 radical (unpaired) electrons. The van der Waals surface area contributed by atoms with E-state index in [0.717, 1.165) is 6.04 Å². The molecule has 0 heterocycles. The molecule has 0 aromatic rings. The van der Waals surface area contributed by atoms with Crippen LogP contribution in [0.3, 0.4) is 0 Å². The van der Waals surface area contributed by atoms with Crippen LogP contribution in [0.15, 0.2) is 0 Å². The van der Waals surface area contributed by atoms with Crippen LogP contribution in [0.2, 0.25) is 0 Å². The zero-order chi connectivity index (χ0) is 9.31. The Hall–Kier alpha value is -0.550. The highest BCUT2D eigenvalue weighted by Gasteiger charge is 2.54. The minimum atomic E-state index is 0.384. The van der Waals surface area contributed by atoms with Gasteiger partial charge in [0.05, 0.1) is 12.5 Å². The fourth-order valence-corrected chi connectivity index (χ4v) is 2.75. The van der Waals surface area contributed by atoms with Crippen LogP contribution in [0.4, 0.5) is 0 Å². The third kappa shape index (κ3) is 1.71. The van der Waals surface area contributed by atoms with Crippen LogP contribution in [0.1, 0.15) is 45.4 Å². The summed E-state index contributed by atoms with van der Waals surface area (Å²) in [4.78, 5) is 0. The van der Waals surface area contributed by atoms with Crippen LogP contribution < -0.4 is 5.32 Å². The highest BCUT2D eigenvalue weighted by molar-refractivity contribution is 5.10. The first-order valence-electron chi connectivity index (χ1n) is 5.40. The van der Waals surface area contributed by atoms with E-state index in [1.165, 1.54) is 32.1 Å². The minimum Gasteiger partial charge on any atom is -0.310 e. The predicted octanol–water partition coefficient (Wildman–Crippen LogP) is 2.21. The standard InChI is InChI=1S/C11H18N2/c1-9(4-7-12)13-10-8-11(10)5-2-3-6-11/h9-10,13H,2-6,8H2,1H3. The van der Waals surface area contributed by atoms with Gasteiger partial charge in [-0.3, -0.25) is 0 Å². The van der Waals surface area contributed by atoms with Gasteiger partial charge in [0.15, 0.2) is 0 Å². The number of hydrogen-bond acceptors (Lipinski definition) is 2. The van der Waals surface area contributed by atoms with E-state index in [0.29, 0.717) is 17.9 Å². The van der Waals surface area contributed by atoms with Gasteiger partial charge in [-0.25, -0.2) is 0 Å². The average Bonchev–Trinajstić information content (AvgIpc) is 2.56. The molecule has 2 rings (SSSR count). The highest BCUT2D eigenvalue weighted by Crippen LogP contribution is 2.57. The molecule has 2 fully saturated rings. The van der Waals surface area contributed by atoms with E-state index in [-0.39, 0.29) is 0 Å². The number of nitriles is 1. The molecule has 0 aromatic carbocycles. The van der Waals surface area contributed by atoms with E-state index >= 15 is 0 Å². The molecule has 2 aliphatic carbocycles. The van der Waals surface area contributed by atoms with Crippen molar-refractivity contribution in [1.29, 1.82) is 5.26 Å². The van der Waals surface area contributed by atoms with Crippen LogP contribution >= 0.6 is 0 Å². The van der Waals surface area contributed by atoms with Crippen LogP contribution in [0.5, 0.6) is 0 Å². The summed E-state index contributed by atoms with van der Waals surface area (Å²) in [5.41, 5.74) is 0.670. The molecule has 0 amide bonds. The summed E-state index contributed by atoms with van der Waals surface area (Å²) in [6.45, 7) is 2.12. The first-order chi connectivity index (χ1) is 6.27. The smallest absolute Gasteiger partial charge is 0.0638 e. The van der Waals surface area contributed by atoms with Gasteiger partial charge >= 0.3 is 0 Å². The van der Waals surface area contributed by atoms with E-state index in [1.807, 2.05) is 0 Å². The van der Waals surface area contributed by atoms with Gasteiger partial charge in [-0.15, -0.1) is 0 Å². The Kier molecular flexibility index (Phi) is 2.29. The lowest BCUT2D eigenvalue weighted by atomic mass is 10.0. The van der Waals surface area contributed by atoms with Gasteiger partial charge in [-0.05, 0) is 31.6 Å². The van der Waals surface area contributed by atoms with Gasteiger partial charge in [-0.1, -0.05) is 12.8 Å². The van der Waals surface area contributed by atoms with Crippen molar-refractivity contribution in [3.8, 4) is 6.07 Å². The maximum absolute atomic E-state index is 8.54. The molecule has 2 nitrogen and oxygen atoms in total. The maximum atomic E-state index is 8.54. The number of rotatable bonds is 3. The summed E-state index contributed by atoms with van der Waals surface area (Å²) in [7, 11) is 0. The fraction of sp³-hybridized carbons (Fsp3) is 0.909. The second-order valence-electron chi connectivity index (χ2n) is 4.76. The van der Waals surface area contributed by atoms with Gasteiger partial charge in [-0.2, -0.15) is 5.26 Å². The summed E-state index contributed by atoms with van der Waals surface area (Å²) in [5, 5.41) is 12.1. The zero-order valence-corrected chi connectivity index (χ0v) is 8.34. The zero-order valence-electron chi connectivity index (χ0n) is 8.34. The van der Waals surface area contributed by atoms with Crippen molar-refractivity contribution in [3.63, 3.8) is 0 Å². The molecule has 2 heteroatoms. The molecule has 0 bridgehead atoms. The lowest BCUT2D eigenvalue weighted by molar-refractivity contribution is 0.438. The van der Waals surface area contributed by atoms with E-state index in [1.54, 1.807) is 0 Å². The molecule has 0 saturated heterocycles. The molecule has 1 N–H and O–H groups in total. The Balaban J connectivity index is 1.77. The molecule has 13 heavy (non-hydrogen) atoms. The summed E-state index contributed by atoms with van der Waals surface area (Å²) >= 11 is 0. The number of nitrogens with zero attached hydrogens (tertiary/aromatic N) is 1. The number of nitrogens with one attached hydrogen (secondary N) is 1. The molecule has 2 aliphatic rings. The largest absolute Gasteiger partial charge is 0.310 e. The normalized spacial score (nSPS) is 31.5. The molecular weight excluding hydrogens is 160 g/mol. The average molecular weight is 178 g/mol. The van der Waals surface area contributed by atoms with Crippen LogP contribution in [0, 0.1) is 16.7 Å². The second-order valence-corrected chi connectivity index (χ2v) is 4.76. The van der Waals surface area contributed by atoms with Crippen molar-refractivity contribution in [1.82, 2.24) is 5.32 Å². The topological polar surface area (TPSA) is 35.8 Å². The Morgan fingerprint density at radius 1 is 1.54 bits per heavy atom. The summed E-state index contributed by atoms with van der Waals surface area (Å²) in [6.07, 6.45) is 7.69. The summed E-state index contributed by atoms with van der Waals surface area (Å²) in [6, 6.07) is 3.34. The van der Waals surface area contributed by atoms with Gasteiger partial charge in [0, 0.05) is 12.1 Å². The molecule has 1 spiro atoms. The van der Waals surface area contributed by atoms with Gasteiger partial charge < -0.3 is 5.32 Å². The summed E-state index contributed by atoms with van der Waals surface area (Å²) in [5.74, 6) is 0. The monoisotopic (exact) mass is 178 g/mol. The Morgan fingerprint density at radius 2 is 2.23 bits per heavy atom. The Morgan fingerprint density at radius 3 is 2.85 bits per heavy atom. The second kappa shape index (κ2) is 3.31. The van der Waals surface area contributed by atoms with Crippen molar-refractivity contribution >= 4 is 0 Å². The van der Waals surface area contributed by atoms with Crippen molar-refractivity contribution < 1.29 is 0 Å². The van der Waals surface area contributed by atoms with E-state index < -0.39 is 0 Å². The number of hydrogen-bond donors (Lipinski definition) is 1. The van der Waals surface area contributed by atoms with E-state index in [4.69, 9.17) is 5.26 Å². The lowest BCUT2D eigenvalue weighted by Crippen LogP contribution is -2.30. The Bertz CT molecular complexity index is 223. The van der Waals surface area contributed by atoms with Gasteiger partial charge in [0.1, 0.15) is 0 Å². The third-order valence-electron chi connectivity index (χ3n) is 3.67. The van der Waals surface area contributed by atoms with Gasteiger partial charge in [0.2, 0.25) is 0 Å². The van der Waals surface area contributed by atoms with Crippen molar-refractivity contribution in [2.24, 2.45) is 5.41 Å². The van der Waals surface area contributed by atoms with Crippen LogP contribution in [-0.2, 0) is 0 Å². The quantitative estimate of drug-likeness (QED) is 0.719. The first kappa shape index (κ1) is 9.02. The third-order valence-corrected chi connectivity index (χ3v) is 3.67. The maximum Gasteiger partial charge on any atom is 0.0638 e. The van der Waals surface area contributed by atoms with E-state index in [2.05, 4.69) is 18.3 Å². The van der Waals surface area contributed by atoms with Crippen molar-refractivity contribution in [3.05, 3.63) is 0 Å². The minimum absolute atomic E-state index is 0.384. The molecule has 2 saturated carbocycles. The molecule has 2 atom stereocenters. The Labute approximate surface area is 80.3 Å². The fourth-order valence-electron chi connectivity index (χ4n) is 2.75. The molecule has 0 aliphatic heterocycles. The molecule has 0 aromatic heterocycles.